The van der Waals surface area contributed by atoms with Gasteiger partial charge < -0.3 is 9.64 Å². The number of esters is 1. The zero-order valence-electron chi connectivity index (χ0n) is 13.4. The number of amides is 1. The van der Waals surface area contributed by atoms with Crippen molar-refractivity contribution in [2.75, 3.05) is 7.11 Å². The Bertz CT molecular complexity index is 1050. The SMILES string of the molecule is COC(=O)c1c[nH]n2c(=O)c3c(nc12)C(=O)N(Cc1ccccc1)C3. The Morgan fingerprint density at radius 1 is 1.28 bits per heavy atom. The van der Waals surface area contributed by atoms with Crippen molar-refractivity contribution in [2.24, 2.45) is 0 Å². The Labute approximate surface area is 141 Å². The van der Waals surface area contributed by atoms with Crippen LogP contribution in [-0.4, -0.2) is 38.5 Å². The molecular formula is C17H14N4O4. The minimum absolute atomic E-state index is 0.0884. The van der Waals surface area contributed by atoms with Crippen LogP contribution in [0.3, 0.4) is 0 Å². The largest absolute Gasteiger partial charge is 0.465 e. The van der Waals surface area contributed by atoms with Gasteiger partial charge in [0, 0.05) is 12.7 Å². The Morgan fingerprint density at radius 3 is 2.76 bits per heavy atom. The highest BCUT2D eigenvalue weighted by molar-refractivity contribution is 5.99. The van der Waals surface area contributed by atoms with Crippen molar-refractivity contribution in [3.8, 4) is 0 Å². The summed E-state index contributed by atoms with van der Waals surface area (Å²) in [5.41, 5.74) is 1.17. The first-order chi connectivity index (χ1) is 12.1. The molecule has 0 radical (unpaired) electrons. The smallest absolute Gasteiger partial charge is 0.343 e. The maximum absolute atomic E-state index is 12.7. The number of rotatable bonds is 3. The van der Waals surface area contributed by atoms with Gasteiger partial charge in [0.2, 0.25) is 0 Å². The van der Waals surface area contributed by atoms with Crippen molar-refractivity contribution in [1.82, 2.24) is 19.5 Å². The number of hydrogen-bond acceptors (Lipinski definition) is 5. The zero-order valence-corrected chi connectivity index (χ0v) is 13.4. The molecule has 4 rings (SSSR count). The molecule has 8 nitrogen and oxygen atoms in total. The quantitative estimate of drug-likeness (QED) is 0.718. The molecule has 2 aromatic heterocycles. The van der Waals surface area contributed by atoms with Crippen LogP contribution in [0.4, 0.5) is 0 Å². The van der Waals surface area contributed by atoms with Crippen molar-refractivity contribution in [3.05, 3.63) is 69.3 Å². The maximum Gasteiger partial charge on any atom is 0.343 e. The van der Waals surface area contributed by atoms with E-state index in [1.807, 2.05) is 30.3 Å². The second-order valence-corrected chi connectivity index (χ2v) is 5.73. The summed E-state index contributed by atoms with van der Waals surface area (Å²) < 4.78 is 5.84. The predicted molar refractivity (Wildman–Crippen MR) is 87.2 cm³/mol. The Hall–Kier alpha value is -3.42. The number of carbonyl (C=O) groups excluding carboxylic acids is 2. The molecule has 3 aromatic rings. The number of H-pyrrole nitrogens is 1. The van der Waals surface area contributed by atoms with Crippen molar-refractivity contribution in [1.29, 1.82) is 0 Å². The molecule has 1 aromatic carbocycles. The minimum Gasteiger partial charge on any atom is -0.465 e. The molecule has 1 aliphatic heterocycles. The van der Waals surface area contributed by atoms with Crippen LogP contribution in [0.2, 0.25) is 0 Å². The van der Waals surface area contributed by atoms with Gasteiger partial charge in [-0.05, 0) is 5.56 Å². The van der Waals surface area contributed by atoms with E-state index in [4.69, 9.17) is 0 Å². The molecular weight excluding hydrogens is 324 g/mol. The van der Waals surface area contributed by atoms with Crippen molar-refractivity contribution in [3.63, 3.8) is 0 Å². The molecule has 1 aliphatic rings. The van der Waals surface area contributed by atoms with E-state index in [0.29, 0.717) is 12.1 Å². The first-order valence-electron chi connectivity index (χ1n) is 7.64. The van der Waals surface area contributed by atoms with Gasteiger partial charge in [-0.2, -0.15) is 0 Å². The van der Waals surface area contributed by atoms with Crippen LogP contribution in [0.15, 0.2) is 41.3 Å². The number of aromatic amines is 1. The third-order valence-corrected chi connectivity index (χ3v) is 4.22. The van der Waals surface area contributed by atoms with Gasteiger partial charge in [-0.15, -0.1) is 0 Å². The van der Waals surface area contributed by atoms with Gasteiger partial charge >= 0.3 is 5.97 Å². The fraction of sp³-hybridized carbons (Fsp3) is 0.176. The Kier molecular flexibility index (Phi) is 3.38. The summed E-state index contributed by atoms with van der Waals surface area (Å²) in [6, 6.07) is 9.51. The van der Waals surface area contributed by atoms with Gasteiger partial charge in [-0.25, -0.2) is 14.3 Å². The van der Waals surface area contributed by atoms with Crippen molar-refractivity contribution < 1.29 is 14.3 Å². The summed E-state index contributed by atoms with van der Waals surface area (Å²) in [6.07, 6.45) is 1.34. The van der Waals surface area contributed by atoms with Crippen LogP contribution in [0.25, 0.3) is 5.65 Å². The highest BCUT2D eigenvalue weighted by Gasteiger charge is 2.33. The minimum atomic E-state index is -0.628. The molecule has 0 fully saturated rings. The summed E-state index contributed by atoms with van der Waals surface area (Å²) in [7, 11) is 1.24. The highest BCUT2D eigenvalue weighted by atomic mass is 16.5. The average molecular weight is 338 g/mol. The van der Waals surface area contributed by atoms with E-state index >= 15 is 0 Å². The zero-order chi connectivity index (χ0) is 17.6. The highest BCUT2D eigenvalue weighted by Crippen LogP contribution is 2.22. The molecule has 0 saturated heterocycles. The standard InChI is InChI=1S/C17H14N4O4/c1-25-17(24)11-7-18-21-14(11)19-13-12(15(21)22)9-20(16(13)23)8-10-5-3-2-4-6-10/h2-7,18H,8-9H2,1H3. The molecule has 8 heteroatoms. The van der Waals surface area contributed by atoms with Crippen LogP contribution in [-0.2, 0) is 17.8 Å². The molecule has 0 atom stereocenters. The molecule has 1 N–H and O–H groups in total. The van der Waals surface area contributed by atoms with E-state index in [0.717, 1.165) is 10.1 Å². The van der Waals surface area contributed by atoms with Crippen LogP contribution in [0, 0.1) is 0 Å². The number of methoxy groups -OCH3 is 1. The van der Waals surface area contributed by atoms with Gasteiger partial charge in [0.25, 0.3) is 11.5 Å². The van der Waals surface area contributed by atoms with E-state index in [1.165, 1.54) is 13.3 Å². The number of aromatic nitrogens is 3. The number of benzene rings is 1. The lowest BCUT2D eigenvalue weighted by Gasteiger charge is -2.14. The number of fused-ring (bicyclic) bond motifs is 2. The monoisotopic (exact) mass is 338 g/mol. The Balaban J connectivity index is 1.77. The Morgan fingerprint density at radius 2 is 2.04 bits per heavy atom. The first-order valence-corrected chi connectivity index (χ1v) is 7.64. The third-order valence-electron chi connectivity index (χ3n) is 4.22. The van der Waals surface area contributed by atoms with E-state index in [9.17, 15) is 14.4 Å². The van der Waals surface area contributed by atoms with E-state index < -0.39 is 5.97 Å². The number of ether oxygens (including phenoxy) is 1. The lowest BCUT2D eigenvalue weighted by molar-refractivity contribution is 0.0602. The normalized spacial score (nSPS) is 13.3. The summed E-state index contributed by atoms with van der Waals surface area (Å²) in [5, 5.41) is 2.69. The molecule has 0 bridgehead atoms. The van der Waals surface area contributed by atoms with Crippen molar-refractivity contribution >= 4 is 17.5 Å². The van der Waals surface area contributed by atoms with Crippen LogP contribution >= 0.6 is 0 Å². The fourth-order valence-corrected chi connectivity index (χ4v) is 2.97. The van der Waals surface area contributed by atoms with Crippen LogP contribution in [0.1, 0.15) is 32.0 Å². The second kappa shape index (κ2) is 5.59. The topological polar surface area (TPSA) is 96.8 Å². The average Bonchev–Trinajstić information content (AvgIpc) is 3.19. The fourth-order valence-electron chi connectivity index (χ4n) is 2.97. The van der Waals surface area contributed by atoms with E-state index in [2.05, 4.69) is 14.8 Å². The number of hydrogen-bond donors (Lipinski definition) is 1. The number of nitrogens with zero attached hydrogens (tertiary/aromatic N) is 3. The van der Waals surface area contributed by atoms with E-state index in [-0.39, 0.29) is 34.9 Å². The lowest BCUT2D eigenvalue weighted by Crippen LogP contribution is -2.23. The molecule has 1 amide bonds. The van der Waals surface area contributed by atoms with Crippen LogP contribution in [0.5, 0.6) is 0 Å². The summed E-state index contributed by atoms with van der Waals surface area (Å²) >= 11 is 0. The molecule has 25 heavy (non-hydrogen) atoms. The number of nitrogens with one attached hydrogen (secondary N) is 1. The molecule has 0 aliphatic carbocycles. The van der Waals surface area contributed by atoms with E-state index in [1.54, 1.807) is 4.90 Å². The third kappa shape index (κ3) is 2.30. The van der Waals surface area contributed by atoms with Crippen molar-refractivity contribution in [2.45, 2.75) is 13.1 Å². The maximum atomic E-state index is 12.7. The second-order valence-electron chi connectivity index (χ2n) is 5.73. The predicted octanol–water partition coefficient (Wildman–Crippen LogP) is 0.965. The van der Waals surface area contributed by atoms with Gasteiger partial charge in [-0.3, -0.25) is 14.7 Å². The number of carbonyl (C=O) groups is 2. The van der Waals surface area contributed by atoms with Gasteiger partial charge in [0.1, 0.15) is 11.3 Å². The first kappa shape index (κ1) is 15.1. The molecule has 0 spiro atoms. The van der Waals surface area contributed by atoms with Gasteiger partial charge in [-0.1, -0.05) is 30.3 Å². The van der Waals surface area contributed by atoms with Crippen LogP contribution < -0.4 is 5.56 Å². The van der Waals surface area contributed by atoms with Gasteiger partial charge in [0.05, 0.1) is 19.2 Å². The summed E-state index contributed by atoms with van der Waals surface area (Å²) in [6.45, 7) is 0.572. The summed E-state index contributed by atoms with van der Waals surface area (Å²) in [4.78, 5) is 42.9. The molecule has 0 saturated carbocycles. The molecule has 126 valence electrons. The van der Waals surface area contributed by atoms with Gasteiger partial charge in [0.15, 0.2) is 5.65 Å². The summed E-state index contributed by atoms with van der Waals surface area (Å²) in [5.74, 6) is -0.951. The molecule has 3 heterocycles. The lowest BCUT2D eigenvalue weighted by atomic mass is 10.2. The molecule has 0 unspecified atom stereocenters.